The molecule has 1 unspecified atom stereocenters. The number of nitrogens with zero attached hydrogens (tertiary/aromatic N) is 6. The van der Waals surface area contributed by atoms with Crippen LogP contribution in [0.1, 0.15) is 27.2 Å². The third-order valence-electron chi connectivity index (χ3n) is 4.41. The first-order valence-corrected chi connectivity index (χ1v) is 10.3. The molecule has 0 spiro atoms. The van der Waals surface area contributed by atoms with Crippen LogP contribution >= 0.6 is 11.3 Å². The van der Waals surface area contributed by atoms with Crippen LogP contribution in [0.4, 0.5) is 27.0 Å². The zero-order chi connectivity index (χ0) is 21.0. The quantitative estimate of drug-likeness (QED) is 0.661. The van der Waals surface area contributed by atoms with Crippen molar-refractivity contribution in [1.29, 1.82) is 5.26 Å². The molecule has 152 valence electrons. The third-order valence-corrected chi connectivity index (χ3v) is 5.53. The molecule has 4 heterocycles. The summed E-state index contributed by atoms with van der Waals surface area (Å²) >= 11 is 1.35. The summed E-state index contributed by atoms with van der Waals surface area (Å²) in [6.07, 6.45) is 3.35. The molecule has 0 radical (unpaired) electrons. The number of nitrogens with two attached hydrogens (primary N) is 1. The van der Waals surface area contributed by atoms with Gasteiger partial charge in [-0.3, -0.25) is 0 Å². The van der Waals surface area contributed by atoms with Crippen molar-refractivity contribution < 1.29 is 4.39 Å². The topological polar surface area (TPSA) is 117 Å². The minimum absolute atomic E-state index is 0.0506. The van der Waals surface area contributed by atoms with Crippen molar-refractivity contribution in [3.8, 4) is 6.07 Å². The van der Waals surface area contributed by atoms with Gasteiger partial charge in [0.1, 0.15) is 28.2 Å². The number of hydrogen-bond donors (Lipinski definition) is 2. The van der Waals surface area contributed by atoms with Crippen molar-refractivity contribution in [2.75, 3.05) is 29.0 Å². The van der Waals surface area contributed by atoms with Crippen LogP contribution in [-0.4, -0.2) is 33.0 Å². The molecule has 29 heavy (non-hydrogen) atoms. The molecule has 1 fully saturated rings. The van der Waals surface area contributed by atoms with Crippen LogP contribution in [0.3, 0.4) is 0 Å². The van der Waals surface area contributed by atoms with Crippen LogP contribution in [0.5, 0.6) is 0 Å². The fourth-order valence-electron chi connectivity index (χ4n) is 3.26. The molecule has 1 aliphatic heterocycles. The number of halogens is 1. The molecule has 10 heteroatoms. The zero-order valence-electron chi connectivity index (χ0n) is 16.6. The smallest absolute Gasteiger partial charge is 0.186 e. The van der Waals surface area contributed by atoms with Gasteiger partial charge in [-0.15, -0.1) is 0 Å². The summed E-state index contributed by atoms with van der Waals surface area (Å²) in [5.74, 6) is 1.08. The average molecular weight is 415 g/mol. The molecule has 1 aliphatic rings. The number of nitrogens with one attached hydrogen (secondary N) is 1. The molecule has 3 aromatic rings. The highest BCUT2D eigenvalue weighted by Crippen LogP contribution is 2.37. The van der Waals surface area contributed by atoms with Gasteiger partial charge in [-0.05, 0) is 12.3 Å². The van der Waals surface area contributed by atoms with Gasteiger partial charge >= 0.3 is 0 Å². The highest BCUT2D eigenvalue weighted by molar-refractivity contribution is 7.22. The van der Waals surface area contributed by atoms with E-state index in [1.165, 1.54) is 17.7 Å². The van der Waals surface area contributed by atoms with Gasteiger partial charge in [0.05, 0.1) is 18.2 Å². The minimum Gasteiger partial charge on any atom is -0.384 e. The molecule has 1 saturated heterocycles. The van der Waals surface area contributed by atoms with Gasteiger partial charge < -0.3 is 16.0 Å². The SMILES string of the molecule is CC.C[C@@H]1CC(C#N)CN(c2nc3c(F)cnc(Nc4cc(N)ncn4)c3s2)C1. The molecule has 3 N–H and O–H groups in total. The maximum atomic E-state index is 14.3. The average Bonchev–Trinajstić information content (AvgIpc) is 3.18. The van der Waals surface area contributed by atoms with Crippen LogP contribution in [0.15, 0.2) is 18.6 Å². The Morgan fingerprint density at radius 2 is 2.10 bits per heavy atom. The maximum Gasteiger partial charge on any atom is 0.186 e. The summed E-state index contributed by atoms with van der Waals surface area (Å²) in [6, 6.07) is 3.91. The van der Waals surface area contributed by atoms with E-state index in [1.807, 2.05) is 13.8 Å². The van der Waals surface area contributed by atoms with Crippen molar-refractivity contribution in [1.82, 2.24) is 19.9 Å². The van der Waals surface area contributed by atoms with Crippen molar-refractivity contribution in [2.24, 2.45) is 11.8 Å². The van der Waals surface area contributed by atoms with Gasteiger partial charge in [0.2, 0.25) is 0 Å². The summed E-state index contributed by atoms with van der Waals surface area (Å²) in [5, 5.41) is 13.0. The Morgan fingerprint density at radius 1 is 1.31 bits per heavy atom. The van der Waals surface area contributed by atoms with Crippen LogP contribution in [0.2, 0.25) is 0 Å². The maximum absolute atomic E-state index is 14.3. The van der Waals surface area contributed by atoms with E-state index < -0.39 is 5.82 Å². The van der Waals surface area contributed by atoms with E-state index in [0.717, 1.165) is 19.2 Å². The molecule has 0 bridgehead atoms. The van der Waals surface area contributed by atoms with E-state index in [0.29, 0.717) is 39.7 Å². The Hall–Kier alpha value is -3.06. The summed E-state index contributed by atoms with van der Waals surface area (Å²) in [4.78, 5) is 18.6. The number of piperidine rings is 1. The second-order valence-corrected chi connectivity index (χ2v) is 7.63. The fraction of sp³-hybridized carbons (Fsp3) is 0.421. The normalized spacial score (nSPS) is 18.7. The van der Waals surface area contributed by atoms with Gasteiger partial charge in [-0.25, -0.2) is 24.3 Å². The lowest BCUT2D eigenvalue weighted by molar-refractivity contribution is 0.389. The van der Waals surface area contributed by atoms with Crippen molar-refractivity contribution in [3.05, 3.63) is 24.4 Å². The standard InChI is InChI=1S/C17H17FN8S.C2H6/c1-9-2-10(4-19)7-26(6-9)17-25-14-11(18)5-21-16(15(14)27-17)24-13-3-12(20)22-8-23-13;1-2/h3,5,8-10H,2,6-7H2,1H3,(H3,20,21,22,23,24);1-2H3/t9-,10?;/m1./s1. The molecule has 4 rings (SSSR count). The summed E-state index contributed by atoms with van der Waals surface area (Å²) in [7, 11) is 0. The predicted octanol–water partition coefficient (Wildman–Crippen LogP) is 3.96. The molecule has 0 amide bonds. The number of pyridine rings is 1. The van der Waals surface area contributed by atoms with E-state index >= 15 is 0 Å². The third kappa shape index (κ3) is 4.51. The van der Waals surface area contributed by atoms with Gasteiger partial charge in [-0.1, -0.05) is 32.1 Å². The number of nitrogen functional groups attached to an aromatic ring is 1. The van der Waals surface area contributed by atoms with E-state index in [4.69, 9.17) is 5.73 Å². The second-order valence-electron chi connectivity index (χ2n) is 6.65. The van der Waals surface area contributed by atoms with Gasteiger partial charge in [0, 0.05) is 19.2 Å². The molecule has 0 saturated carbocycles. The lowest BCUT2D eigenvalue weighted by Gasteiger charge is -2.33. The zero-order valence-corrected chi connectivity index (χ0v) is 17.4. The largest absolute Gasteiger partial charge is 0.384 e. The lowest BCUT2D eigenvalue weighted by atomic mass is 9.92. The van der Waals surface area contributed by atoms with E-state index in [9.17, 15) is 9.65 Å². The van der Waals surface area contributed by atoms with Crippen molar-refractivity contribution in [2.45, 2.75) is 27.2 Å². The Kier molecular flexibility index (Phi) is 6.39. The monoisotopic (exact) mass is 414 g/mol. The number of aromatic nitrogens is 4. The Labute approximate surface area is 172 Å². The summed E-state index contributed by atoms with van der Waals surface area (Å²) in [6.45, 7) is 7.50. The molecule has 0 aliphatic carbocycles. The van der Waals surface area contributed by atoms with E-state index in [1.54, 1.807) is 6.07 Å². The van der Waals surface area contributed by atoms with Crippen LogP contribution in [-0.2, 0) is 0 Å². The molecule has 2 atom stereocenters. The Balaban J connectivity index is 0.00000117. The number of thiazole rings is 1. The van der Waals surface area contributed by atoms with Crippen molar-refractivity contribution in [3.63, 3.8) is 0 Å². The molecular weight excluding hydrogens is 391 g/mol. The molecule has 0 aromatic carbocycles. The van der Waals surface area contributed by atoms with Crippen LogP contribution in [0, 0.1) is 29.0 Å². The first kappa shape index (κ1) is 20.7. The number of fused-ring (bicyclic) bond motifs is 1. The van der Waals surface area contributed by atoms with Crippen molar-refractivity contribution >= 4 is 44.1 Å². The fourth-order valence-corrected chi connectivity index (χ4v) is 4.30. The first-order chi connectivity index (χ1) is 14.0. The molecule has 8 nitrogen and oxygen atoms in total. The number of anilines is 4. The van der Waals surface area contributed by atoms with E-state index in [2.05, 4.69) is 43.1 Å². The molecule has 3 aromatic heterocycles. The number of hydrogen-bond acceptors (Lipinski definition) is 9. The summed E-state index contributed by atoms with van der Waals surface area (Å²) < 4.78 is 14.9. The predicted molar refractivity (Wildman–Crippen MR) is 114 cm³/mol. The van der Waals surface area contributed by atoms with Gasteiger partial charge in [-0.2, -0.15) is 5.26 Å². The first-order valence-electron chi connectivity index (χ1n) is 9.47. The summed E-state index contributed by atoms with van der Waals surface area (Å²) in [5.41, 5.74) is 5.93. The van der Waals surface area contributed by atoms with E-state index in [-0.39, 0.29) is 11.4 Å². The number of rotatable bonds is 3. The molecular formula is C19H23FN8S. The highest BCUT2D eigenvalue weighted by Gasteiger charge is 2.27. The second kappa shape index (κ2) is 8.96. The van der Waals surface area contributed by atoms with Crippen LogP contribution in [0.25, 0.3) is 10.2 Å². The minimum atomic E-state index is -0.484. The van der Waals surface area contributed by atoms with Crippen LogP contribution < -0.4 is 16.0 Å². The van der Waals surface area contributed by atoms with Gasteiger partial charge in [0.25, 0.3) is 0 Å². The highest BCUT2D eigenvalue weighted by atomic mass is 32.1. The number of nitriles is 1. The van der Waals surface area contributed by atoms with Gasteiger partial charge in [0.15, 0.2) is 16.8 Å². The Morgan fingerprint density at radius 3 is 2.83 bits per heavy atom. The Bertz CT molecular complexity index is 1030. The lowest BCUT2D eigenvalue weighted by Crippen LogP contribution is -2.39.